The second-order valence-corrected chi connectivity index (χ2v) is 8.56. The molecule has 0 N–H and O–H groups in total. The Hall–Kier alpha value is -1.80. The highest BCUT2D eigenvalue weighted by molar-refractivity contribution is 9.10. The third-order valence-electron chi connectivity index (χ3n) is 4.24. The lowest BCUT2D eigenvalue weighted by molar-refractivity contribution is -0.135. The van der Waals surface area contributed by atoms with E-state index in [1.54, 1.807) is 11.0 Å². The van der Waals surface area contributed by atoms with Crippen molar-refractivity contribution in [2.24, 2.45) is 0 Å². The molecule has 0 aliphatic carbocycles. The molecule has 0 bridgehead atoms. The zero-order chi connectivity index (χ0) is 19.6. The van der Waals surface area contributed by atoms with Crippen molar-refractivity contribution in [3.8, 4) is 5.75 Å². The fourth-order valence-corrected chi connectivity index (χ4v) is 4.27. The first-order chi connectivity index (χ1) is 12.8. The molecule has 0 radical (unpaired) electrons. The SMILES string of the molecule is CC(C)Oc1ccc(/C=C2\SC(=O)N(CC(=O)N3CCCC3)C2=O)cc1Br. The van der Waals surface area contributed by atoms with Crippen molar-refractivity contribution in [2.45, 2.75) is 32.8 Å². The predicted molar refractivity (Wildman–Crippen MR) is 108 cm³/mol. The zero-order valence-corrected chi connectivity index (χ0v) is 17.6. The summed E-state index contributed by atoms with van der Waals surface area (Å²) in [7, 11) is 0. The lowest BCUT2D eigenvalue weighted by Gasteiger charge is -2.18. The first kappa shape index (κ1) is 19.9. The highest BCUT2D eigenvalue weighted by Gasteiger charge is 2.37. The standard InChI is InChI=1S/C19H21BrN2O4S/c1-12(2)26-15-6-5-13(9-14(15)20)10-16-18(24)22(19(25)27-16)11-17(23)21-7-3-4-8-21/h5-6,9-10,12H,3-4,7-8,11H2,1-2H3/b16-10-. The molecule has 27 heavy (non-hydrogen) atoms. The van der Waals surface area contributed by atoms with Gasteiger partial charge in [-0.2, -0.15) is 0 Å². The molecular weight excluding hydrogens is 432 g/mol. The molecule has 0 spiro atoms. The van der Waals surface area contributed by atoms with E-state index >= 15 is 0 Å². The number of amides is 3. The van der Waals surface area contributed by atoms with E-state index in [0.29, 0.717) is 23.7 Å². The van der Waals surface area contributed by atoms with E-state index in [1.807, 2.05) is 32.0 Å². The van der Waals surface area contributed by atoms with E-state index in [0.717, 1.165) is 39.5 Å². The zero-order valence-electron chi connectivity index (χ0n) is 15.2. The summed E-state index contributed by atoms with van der Waals surface area (Å²) in [5.41, 5.74) is 0.773. The second-order valence-electron chi connectivity index (χ2n) is 6.71. The summed E-state index contributed by atoms with van der Waals surface area (Å²) in [6.07, 6.45) is 3.66. The van der Waals surface area contributed by atoms with Gasteiger partial charge in [-0.3, -0.25) is 19.3 Å². The molecule has 0 saturated carbocycles. The van der Waals surface area contributed by atoms with Gasteiger partial charge in [0.1, 0.15) is 12.3 Å². The molecule has 0 aromatic heterocycles. The van der Waals surface area contributed by atoms with Gasteiger partial charge in [-0.15, -0.1) is 0 Å². The largest absolute Gasteiger partial charge is 0.490 e. The number of hydrogen-bond acceptors (Lipinski definition) is 5. The molecule has 3 amide bonds. The van der Waals surface area contributed by atoms with Crippen LogP contribution in [0.1, 0.15) is 32.3 Å². The number of likely N-dealkylation sites (tertiary alicyclic amines) is 1. The molecule has 8 heteroatoms. The van der Waals surface area contributed by atoms with Gasteiger partial charge in [0.2, 0.25) is 5.91 Å². The van der Waals surface area contributed by atoms with E-state index in [9.17, 15) is 14.4 Å². The van der Waals surface area contributed by atoms with E-state index in [2.05, 4.69) is 15.9 Å². The van der Waals surface area contributed by atoms with Gasteiger partial charge < -0.3 is 9.64 Å². The van der Waals surface area contributed by atoms with Crippen molar-refractivity contribution < 1.29 is 19.1 Å². The van der Waals surface area contributed by atoms with Gasteiger partial charge in [0, 0.05) is 13.1 Å². The third-order valence-corrected chi connectivity index (χ3v) is 5.77. The van der Waals surface area contributed by atoms with Crippen LogP contribution in [0, 0.1) is 0 Å². The van der Waals surface area contributed by atoms with Crippen LogP contribution in [-0.4, -0.2) is 52.6 Å². The van der Waals surface area contributed by atoms with Crippen LogP contribution in [0.25, 0.3) is 6.08 Å². The molecule has 1 aromatic carbocycles. The topological polar surface area (TPSA) is 66.9 Å². The number of ether oxygens (including phenoxy) is 1. The molecule has 2 aliphatic heterocycles. The molecule has 1 aromatic rings. The number of thioether (sulfide) groups is 1. The number of halogens is 1. The summed E-state index contributed by atoms with van der Waals surface area (Å²) in [6, 6.07) is 5.48. The van der Waals surface area contributed by atoms with Crippen LogP contribution in [0.5, 0.6) is 5.75 Å². The second kappa shape index (κ2) is 8.48. The lowest BCUT2D eigenvalue weighted by atomic mass is 10.2. The Morgan fingerprint density at radius 3 is 2.63 bits per heavy atom. The van der Waals surface area contributed by atoms with Gasteiger partial charge in [-0.05, 0) is 78.2 Å². The van der Waals surface area contributed by atoms with Crippen molar-refractivity contribution in [1.82, 2.24) is 9.80 Å². The summed E-state index contributed by atoms with van der Waals surface area (Å²) >= 11 is 4.32. The average molecular weight is 453 g/mol. The van der Waals surface area contributed by atoms with Gasteiger partial charge in [-0.25, -0.2) is 0 Å². The minimum absolute atomic E-state index is 0.0526. The van der Waals surface area contributed by atoms with Gasteiger partial charge in [0.25, 0.3) is 11.1 Å². The summed E-state index contributed by atoms with van der Waals surface area (Å²) in [6.45, 7) is 5.10. The van der Waals surface area contributed by atoms with Crippen LogP contribution in [-0.2, 0) is 9.59 Å². The van der Waals surface area contributed by atoms with E-state index < -0.39 is 11.1 Å². The average Bonchev–Trinajstić information content (AvgIpc) is 3.22. The fraction of sp³-hybridized carbons (Fsp3) is 0.421. The van der Waals surface area contributed by atoms with Crippen molar-refractivity contribution in [3.05, 3.63) is 33.1 Å². The molecule has 3 rings (SSSR count). The van der Waals surface area contributed by atoms with Crippen molar-refractivity contribution in [2.75, 3.05) is 19.6 Å². The van der Waals surface area contributed by atoms with Crippen LogP contribution in [0.4, 0.5) is 4.79 Å². The van der Waals surface area contributed by atoms with Crippen LogP contribution < -0.4 is 4.74 Å². The number of imide groups is 1. The van der Waals surface area contributed by atoms with Gasteiger partial charge in [0.05, 0.1) is 15.5 Å². The maximum Gasteiger partial charge on any atom is 0.294 e. The van der Waals surface area contributed by atoms with E-state index in [4.69, 9.17) is 4.74 Å². The minimum Gasteiger partial charge on any atom is -0.490 e. The molecule has 2 heterocycles. The van der Waals surface area contributed by atoms with Gasteiger partial charge in [0.15, 0.2) is 0 Å². The Labute approximate surface area is 171 Å². The van der Waals surface area contributed by atoms with Crippen LogP contribution in [0.3, 0.4) is 0 Å². The Morgan fingerprint density at radius 1 is 1.30 bits per heavy atom. The monoisotopic (exact) mass is 452 g/mol. The highest BCUT2D eigenvalue weighted by Crippen LogP contribution is 2.34. The van der Waals surface area contributed by atoms with Crippen molar-refractivity contribution >= 4 is 50.8 Å². The molecule has 2 aliphatic rings. The molecular formula is C19H21BrN2O4S. The predicted octanol–water partition coefficient (Wildman–Crippen LogP) is 3.90. The maximum atomic E-state index is 12.6. The fourth-order valence-electron chi connectivity index (χ4n) is 2.95. The number of nitrogens with zero attached hydrogens (tertiary/aromatic N) is 2. The first-order valence-corrected chi connectivity index (χ1v) is 10.5. The quantitative estimate of drug-likeness (QED) is 0.633. The molecule has 6 nitrogen and oxygen atoms in total. The molecule has 0 atom stereocenters. The van der Waals surface area contributed by atoms with Crippen LogP contribution in [0.2, 0.25) is 0 Å². The number of rotatable bonds is 5. The first-order valence-electron chi connectivity index (χ1n) is 8.84. The lowest BCUT2D eigenvalue weighted by Crippen LogP contribution is -2.40. The summed E-state index contributed by atoms with van der Waals surface area (Å²) in [5, 5.41) is -0.405. The Morgan fingerprint density at radius 2 is 2.00 bits per heavy atom. The smallest absolute Gasteiger partial charge is 0.294 e. The number of benzene rings is 1. The molecule has 0 unspecified atom stereocenters. The van der Waals surface area contributed by atoms with Crippen molar-refractivity contribution in [1.29, 1.82) is 0 Å². The van der Waals surface area contributed by atoms with Crippen LogP contribution in [0.15, 0.2) is 27.6 Å². The summed E-state index contributed by atoms with van der Waals surface area (Å²) < 4.78 is 6.45. The Balaban J connectivity index is 1.72. The molecule has 144 valence electrons. The van der Waals surface area contributed by atoms with Gasteiger partial charge in [-0.1, -0.05) is 6.07 Å². The summed E-state index contributed by atoms with van der Waals surface area (Å²) in [4.78, 5) is 40.1. The Kier molecular flexibility index (Phi) is 6.26. The van der Waals surface area contributed by atoms with Crippen molar-refractivity contribution in [3.63, 3.8) is 0 Å². The number of carbonyl (C=O) groups excluding carboxylic acids is 3. The van der Waals surface area contributed by atoms with E-state index in [1.165, 1.54) is 0 Å². The minimum atomic E-state index is -0.420. The highest BCUT2D eigenvalue weighted by atomic mass is 79.9. The maximum absolute atomic E-state index is 12.6. The molecule has 2 saturated heterocycles. The number of hydrogen-bond donors (Lipinski definition) is 0. The normalized spacial score (nSPS) is 18.9. The summed E-state index contributed by atoms with van der Waals surface area (Å²) in [5.74, 6) is 0.122. The number of carbonyl (C=O) groups is 3. The molecule has 2 fully saturated rings. The van der Waals surface area contributed by atoms with Crippen LogP contribution >= 0.6 is 27.7 Å². The van der Waals surface area contributed by atoms with Gasteiger partial charge >= 0.3 is 0 Å². The third kappa shape index (κ3) is 4.73. The Bertz CT molecular complexity index is 803. The van der Waals surface area contributed by atoms with E-state index in [-0.39, 0.29) is 18.6 Å².